The molecule has 1 heterocycles. The van der Waals surface area contributed by atoms with Gasteiger partial charge < -0.3 is 15.0 Å². The molecule has 0 spiro atoms. The third kappa shape index (κ3) is 5.04. The van der Waals surface area contributed by atoms with Gasteiger partial charge in [-0.15, -0.1) is 0 Å². The minimum atomic E-state index is -0.127. The Kier molecular flexibility index (Phi) is 7.21. The molecule has 1 aliphatic rings. The van der Waals surface area contributed by atoms with Gasteiger partial charge in [0.15, 0.2) is 0 Å². The van der Waals surface area contributed by atoms with Gasteiger partial charge in [-0.2, -0.15) is 0 Å². The minimum Gasteiger partial charge on any atom is -0.378 e. The van der Waals surface area contributed by atoms with Gasteiger partial charge in [-0.05, 0) is 12.8 Å². The molecule has 0 saturated carbocycles. The fraction of sp³-hybridized carbons (Fsp3) is 0.923. The predicted octanol–water partition coefficient (Wildman–Crippen LogP) is 1.40. The molecular formula is C13H26N2O2. The molecule has 1 unspecified atom stereocenters. The molecule has 4 nitrogen and oxygen atoms in total. The zero-order chi connectivity index (χ0) is 12.5. The van der Waals surface area contributed by atoms with Gasteiger partial charge in [-0.3, -0.25) is 4.79 Å². The average Bonchev–Trinajstić information content (AvgIpc) is 2.39. The van der Waals surface area contributed by atoms with Gasteiger partial charge in [0, 0.05) is 19.6 Å². The first-order valence-electron chi connectivity index (χ1n) is 6.89. The first-order valence-corrected chi connectivity index (χ1v) is 6.89. The van der Waals surface area contributed by atoms with Crippen LogP contribution in [-0.2, 0) is 9.53 Å². The standard InChI is InChI=1S/C13H26N2O2/c1-3-5-8-15(9-6-4-2)13(16)12-11-17-10-7-14-12/h12,14H,3-11H2,1-2H3. The summed E-state index contributed by atoms with van der Waals surface area (Å²) in [5.74, 6) is 0.214. The smallest absolute Gasteiger partial charge is 0.242 e. The van der Waals surface area contributed by atoms with Crippen molar-refractivity contribution in [3.05, 3.63) is 0 Å². The van der Waals surface area contributed by atoms with Crippen molar-refractivity contribution in [3.63, 3.8) is 0 Å². The largest absolute Gasteiger partial charge is 0.378 e. The number of carbonyl (C=O) groups is 1. The maximum absolute atomic E-state index is 12.3. The summed E-state index contributed by atoms with van der Waals surface area (Å²) in [6, 6.07) is -0.127. The van der Waals surface area contributed by atoms with Crippen LogP contribution in [0.2, 0.25) is 0 Å². The molecule has 1 atom stereocenters. The van der Waals surface area contributed by atoms with E-state index in [4.69, 9.17) is 4.74 Å². The van der Waals surface area contributed by atoms with Crippen molar-refractivity contribution in [2.24, 2.45) is 0 Å². The van der Waals surface area contributed by atoms with Crippen molar-refractivity contribution in [1.82, 2.24) is 10.2 Å². The zero-order valence-corrected chi connectivity index (χ0v) is 11.2. The molecule has 0 aliphatic carbocycles. The summed E-state index contributed by atoms with van der Waals surface area (Å²) < 4.78 is 5.35. The number of hydrogen-bond donors (Lipinski definition) is 1. The van der Waals surface area contributed by atoms with Crippen LogP contribution in [-0.4, -0.2) is 49.7 Å². The van der Waals surface area contributed by atoms with Crippen LogP contribution < -0.4 is 5.32 Å². The minimum absolute atomic E-state index is 0.127. The third-order valence-corrected chi connectivity index (χ3v) is 3.09. The average molecular weight is 242 g/mol. The summed E-state index contributed by atoms with van der Waals surface area (Å²) in [6.45, 7) is 8.10. The molecule has 17 heavy (non-hydrogen) atoms. The normalized spacial score (nSPS) is 20.2. The summed E-state index contributed by atoms with van der Waals surface area (Å²) in [5.41, 5.74) is 0. The number of carbonyl (C=O) groups excluding carboxylic acids is 1. The molecule has 100 valence electrons. The van der Waals surface area contributed by atoms with E-state index in [2.05, 4.69) is 19.2 Å². The van der Waals surface area contributed by atoms with Crippen molar-refractivity contribution in [2.45, 2.75) is 45.6 Å². The summed E-state index contributed by atoms with van der Waals surface area (Å²) in [4.78, 5) is 14.3. The van der Waals surface area contributed by atoms with Crippen molar-refractivity contribution in [2.75, 3.05) is 32.8 Å². The second-order valence-electron chi connectivity index (χ2n) is 4.61. The summed E-state index contributed by atoms with van der Waals surface area (Å²) in [7, 11) is 0. The van der Waals surface area contributed by atoms with Gasteiger partial charge in [0.2, 0.25) is 5.91 Å². The van der Waals surface area contributed by atoms with Crippen LogP contribution >= 0.6 is 0 Å². The van der Waals surface area contributed by atoms with Crippen LogP contribution in [0.5, 0.6) is 0 Å². The topological polar surface area (TPSA) is 41.6 Å². The number of hydrogen-bond acceptors (Lipinski definition) is 3. The lowest BCUT2D eigenvalue weighted by molar-refractivity contribution is -0.136. The number of nitrogens with zero attached hydrogens (tertiary/aromatic N) is 1. The van der Waals surface area contributed by atoms with E-state index in [1.807, 2.05) is 4.90 Å². The number of morpholine rings is 1. The lowest BCUT2D eigenvalue weighted by Gasteiger charge is -2.30. The highest BCUT2D eigenvalue weighted by molar-refractivity contribution is 5.82. The molecule has 0 aromatic heterocycles. The number of rotatable bonds is 7. The van der Waals surface area contributed by atoms with E-state index in [0.29, 0.717) is 13.2 Å². The molecule has 0 aromatic rings. The van der Waals surface area contributed by atoms with Gasteiger partial charge in [0.05, 0.1) is 13.2 Å². The quantitative estimate of drug-likeness (QED) is 0.734. The van der Waals surface area contributed by atoms with Gasteiger partial charge in [-0.25, -0.2) is 0 Å². The van der Waals surface area contributed by atoms with Crippen LogP contribution in [0.1, 0.15) is 39.5 Å². The van der Waals surface area contributed by atoms with Crippen LogP contribution in [0.15, 0.2) is 0 Å². The first-order chi connectivity index (χ1) is 8.29. The fourth-order valence-corrected chi connectivity index (χ4v) is 1.97. The van der Waals surface area contributed by atoms with Crippen molar-refractivity contribution >= 4 is 5.91 Å². The number of nitrogens with one attached hydrogen (secondary N) is 1. The van der Waals surface area contributed by atoms with E-state index in [1.54, 1.807) is 0 Å². The first kappa shape index (κ1) is 14.5. The highest BCUT2D eigenvalue weighted by Gasteiger charge is 2.25. The molecule has 1 aliphatic heterocycles. The van der Waals surface area contributed by atoms with Gasteiger partial charge in [0.1, 0.15) is 6.04 Å². The molecule has 1 fully saturated rings. The molecular weight excluding hydrogens is 216 g/mol. The molecule has 0 aromatic carbocycles. The Hall–Kier alpha value is -0.610. The van der Waals surface area contributed by atoms with Gasteiger partial charge in [0.25, 0.3) is 0 Å². The maximum Gasteiger partial charge on any atom is 0.242 e. The Morgan fingerprint density at radius 2 is 1.94 bits per heavy atom. The zero-order valence-electron chi connectivity index (χ0n) is 11.2. The molecule has 0 bridgehead atoms. The van der Waals surface area contributed by atoms with E-state index in [0.717, 1.165) is 45.3 Å². The number of ether oxygens (including phenoxy) is 1. The lowest BCUT2D eigenvalue weighted by Crippen LogP contribution is -2.52. The highest BCUT2D eigenvalue weighted by Crippen LogP contribution is 2.04. The van der Waals surface area contributed by atoms with Crippen molar-refractivity contribution in [1.29, 1.82) is 0 Å². The van der Waals surface area contributed by atoms with Crippen LogP contribution in [0.3, 0.4) is 0 Å². The Labute approximate surface area is 105 Å². The van der Waals surface area contributed by atoms with E-state index in [-0.39, 0.29) is 11.9 Å². The van der Waals surface area contributed by atoms with E-state index >= 15 is 0 Å². The van der Waals surface area contributed by atoms with Crippen molar-refractivity contribution < 1.29 is 9.53 Å². The van der Waals surface area contributed by atoms with E-state index in [9.17, 15) is 4.79 Å². The summed E-state index contributed by atoms with van der Waals surface area (Å²) in [6.07, 6.45) is 4.43. The Bertz CT molecular complexity index is 207. The third-order valence-electron chi connectivity index (χ3n) is 3.09. The molecule has 1 N–H and O–H groups in total. The maximum atomic E-state index is 12.3. The summed E-state index contributed by atoms with van der Waals surface area (Å²) >= 11 is 0. The molecule has 0 radical (unpaired) electrons. The van der Waals surface area contributed by atoms with E-state index in [1.165, 1.54) is 0 Å². The SMILES string of the molecule is CCCCN(CCCC)C(=O)C1COCCN1. The Morgan fingerprint density at radius 3 is 2.41 bits per heavy atom. The molecule has 4 heteroatoms. The molecule has 1 amide bonds. The molecule has 1 saturated heterocycles. The van der Waals surface area contributed by atoms with Gasteiger partial charge in [-0.1, -0.05) is 26.7 Å². The van der Waals surface area contributed by atoms with E-state index < -0.39 is 0 Å². The Balaban J connectivity index is 2.44. The number of amides is 1. The summed E-state index contributed by atoms with van der Waals surface area (Å²) in [5, 5.41) is 3.24. The fourth-order valence-electron chi connectivity index (χ4n) is 1.97. The monoisotopic (exact) mass is 242 g/mol. The predicted molar refractivity (Wildman–Crippen MR) is 69.0 cm³/mol. The Morgan fingerprint density at radius 1 is 1.29 bits per heavy atom. The number of unbranched alkanes of at least 4 members (excludes halogenated alkanes) is 2. The molecule has 1 rings (SSSR count). The van der Waals surface area contributed by atoms with Crippen LogP contribution in [0, 0.1) is 0 Å². The lowest BCUT2D eigenvalue weighted by atomic mass is 10.2. The van der Waals surface area contributed by atoms with Crippen LogP contribution in [0.25, 0.3) is 0 Å². The second-order valence-corrected chi connectivity index (χ2v) is 4.61. The second kappa shape index (κ2) is 8.48. The highest BCUT2D eigenvalue weighted by atomic mass is 16.5. The van der Waals surface area contributed by atoms with Gasteiger partial charge >= 0.3 is 0 Å². The van der Waals surface area contributed by atoms with Crippen molar-refractivity contribution in [3.8, 4) is 0 Å². The van der Waals surface area contributed by atoms with Crippen LogP contribution in [0.4, 0.5) is 0 Å².